The van der Waals surface area contributed by atoms with E-state index in [4.69, 9.17) is 16.3 Å². The molecule has 0 aromatic heterocycles. The number of nitrogens with zero attached hydrogens (tertiary/aromatic N) is 1. The van der Waals surface area contributed by atoms with E-state index in [1.54, 1.807) is 36.4 Å². The Morgan fingerprint density at radius 3 is 2.19 bits per heavy atom. The molecule has 0 bridgehead atoms. The second-order valence-electron chi connectivity index (χ2n) is 8.87. The van der Waals surface area contributed by atoms with E-state index in [0.717, 1.165) is 45.3 Å². The number of carbonyl (C=O) groups is 3. The fraction of sp³-hybridized carbons (Fsp3) is 0.207. The van der Waals surface area contributed by atoms with E-state index in [-0.39, 0.29) is 10.7 Å². The number of rotatable bonds is 8. The van der Waals surface area contributed by atoms with Crippen LogP contribution in [0.25, 0.3) is 0 Å². The van der Waals surface area contributed by atoms with Crippen LogP contribution < -0.4 is 15.0 Å². The van der Waals surface area contributed by atoms with Crippen LogP contribution in [0.2, 0.25) is 0 Å². The highest BCUT2D eigenvalue weighted by atomic mass is 79.9. The molecule has 1 heterocycles. The molecule has 0 fully saturated rings. The molecular weight excluding hydrogens is 556 g/mol. The summed E-state index contributed by atoms with van der Waals surface area (Å²) in [7, 11) is 0. The van der Waals surface area contributed by atoms with Gasteiger partial charge in [0.2, 0.25) is 0 Å². The number of benzene rings is 3. The molecule has 8 heteroatoms. The molecule has 1 aliphatic heterocycles. The number of halogens is 2. The van der Waals surface area contributed by atoms with Crippen LogP contribution in [0.15, 0.2) is 75.9 Å². The monoisotopic (exact) mass is 580 g/mol. The van der Waals surface area contributed by atoms with Crippen molar-refractivity contribution in [3.8, 4) is 5.75 Å². The van der Waals surface area contributed by atoms with Crippen LogP contribution in [-0.4, -0.2) is 17.8 Å². The summed E-state index contributed by atoms with van der Waals surface area (Å²) in [6, 6.07) is 17.5. The average molecular weight is 582 g/mol. The van der Waals surface area contributed by atoms with Crippen LogP contribution in [0.5, 0.6) is 5.75 Å². The van der Waals surface area contributed by atoms with Gasteiger partial charge in [0.25, 0.3) is 11.8 Å². The van der Waals surface area contributed by atoms with Gasteiger partial charge in [-0.3, -0.25) is 9.59 Å². The predicted molar refractivity (Wildman–Crippen MR) is 149 cm³/mol. The first-order valence-electron chi connectivity index (χ1n) is 11.9. The highest BCUT2D eigenvalue weighted by Gasteiger charge is 2.39. The van der Waals surface area contributed by atoms with Crippen molar-refractivity contribution in [2.24, 2.45) is 0 Å². The first-order valence-corrected chi connectivity index (χ1v) is 13.1. The minimum Gasteiger partial charge on any atom is -0.422 e. The first kappa shape index (κ1) is 26.6. The number of carbonyl (C=O) groups excluding carboxylic acids is 3. The fourth-order valence-electron chi connectivity index (χ4n) is 4.08. The molecule has 0 spiro atoms. The topological polar surface area (TPSA) is 75.7 Å². The van der Waals surface area contributed by atoms with E-state index in [1.807, 2.05) is 38.1 Å². The van der Waals surface area contributed by atoms with Crippen molar-refractivity contribution in [3.05, 3.63) is 98.1 Å². The van der Waals surface area contributed by atoms with Crippen LogP contribution in [0.3, 0.4) is 0 Å². The van der Waals surface area contributed by atoms with Crippen LogP contribution in [0, 0.1) is 13.8 Å². The van der Waals surface area contributed by atoms with Crippen molar-refractivity contribution in [1.82, 2.24) is 0 Å². The van der Waals surface area contributed by atoms with Crippen molar-refractivity contribution in [2.45, 2.75) is 40.0 Å². The van der Waals surface area contributed by atoms with Gasteiger partial charge in [0, 0.05) is 10.2 Å². The number of hydrogen-bond donors (Lipinski definition) is 1. The van der Waals surface area contributed by atoms with Crippen LogP contribution in [0.4, 0.5) is 11.4 Å². The maximum Gasteiger partial charge on any atom is 0.343 e. The van der Waals surface area contributed by atoms with Gasteiger partial charge in [-0.05, 0) is 91.9 Å². The van der Waals surface area contributed by atoms with Crippen molar-refractivity contribution in [1.29, 1.82) is 0 Å². The number of anilines is 2. The molecule has 1 N–H and O–H groups in total. The molecule has 37 heavy (non-hydrogen) atoms. The molecule has 0 aliphatic carbocycles. The molecule has 6 nitrogen and oxygen atoms in total. The minimum absolute atomic E-state index is 0.0156. The highest BCUT2D eigenvalue weighted by molar-refractivity contribution is 9.10. The Morgan fingerprint density at radius 2 is 1.59 bits per heavy atom. The Morgan fingerprint density at radius 1 is 0.973 bits per heavy atom. The Bertz CT molecular complexity index is 1380. The maximum atomic E-state index is 13.1. The molecule has 2 amide bonds. The van der Waals surface area contributed by atoms with E-state index < -0.39 is 17.8 Å². The van der Waals surface area contributed by atoms with Crippen molar-refractivity contribution in [2.75, 3.05) is 10.2 Å². The van der Waals surface area contributed by atoms with Crippen LogP contribution in [-0.2, 0) is 16.0 Å². The zero-order valence-electron chi connectivity index (χ0n) is 20.7. The summed E-state index contributed by atoms with van der Waals surface area (Å²) >= 11 is 9.69. The summed E-state index contributed by atoms with van der Waals surface area (Å²) in [6.07, 6.45) is 3.10. The summed E-state index contributed by atoms with van der Waals surface area (Å²) in [5, 5.41) is 2.74. The molecule has 0 saturated carbocycles. The molecule has 3 aromatic carbocycles. The van der Waals surface area contributed by atoms with E-state index >= 15 is 0 Å². The van der Waals surface area contributed by atoms with Gasteiger partial charge >= 0.3 is 5.97 Å². The van der Waals surface area contributed by atoms with E-state index in [2.05, 4.69) is 28.2 Å². The average Bonchev–Trinajstić information content (AvgIpc) is 3.08. The molecule has 3 aromatic rings. The van der Waals surface area contributed by atoms with Gasteiger partial charge in [-0.25, -0.2) is 9.69 Å². The van der Waals surface area contributed by atoms with Crippen molar-refractivity contribution in [3.63, 3.8) is 0 Å². The van der Waals surface area contributed by atoms with Gasteiger partial charge in [0.05, 0.1) is 11.3 Å². The number of imide groups is 1. The first-order chi connectivity index (χ1) is 17.7. The molecular formula is C29H26BrClN2O4. The fourth-order valence-corrected chi connectivity index (χ4v) is 4.98. The number of ether oxygens (including phenoxy) is 1. The Labute approximate surface area is 229 Å². The van der Waals surface area contributed by atoms with Crippen LogP contribution in [0.1, 0.15) is 46.8 Å². The summed E-state index contributed by atoms with van der Waals surface area (Å²) in [4.78, 5) is 39.6. The third-order valence-electron chi connectivity index (χ3n) is 6.05. The number of esters is 1. The number of hydrogen-bond acceptors (Lipinski definition) is 5. The lowest BCUT2D eigenvalue weighted by molar-refractivity contribution is -0.120. The zero-order valence-corrected chi connectivity index (χ0v) is 23.1. The van der Waals surface area contributed by atoms with Gasteiger partial charge in [-0.2, -0.15) is 0 Å². The molecule has 0 unspecified atom stereocenters. The van der Waals surface area contributed by atoms with Crippen molar-refractivity contribution < 1.29 is 19.1 Å². The third kappa shape index (κ3) is 5.78. The SMILES string of the molecule is CCCCc1ccc(N2C(=O)C(Cl)=C(Nc3ccc(C(=O)Oc4c(C)cc(Br)cc4C)cc3)C2=O)cc1. The maximum absolute atomic E-state index is 13.1. The lowest BCUT2D eigenvalue weighted by atomic mass is 10.1. The second-order valence-corrected chi connectivity index (χ2v) is 10.2. The molecule has 0 radical (unpaired) electrons. The van der Waals surface area contributed by atoms with Gasteiger partial charge in [0.15, 0.2) is 0 Å². The van der Waals surface area contributed by atoms with E-state index in [0.29, 0.717) is 22.7 Å². The summed E-state index contributed by atoms with van der Waals surface area (Å²) < 4.78 is 6.53. The molecule has 190 valence electrons. The Balaban J connectivity index is 1.46. The lowest BCUT2D eigenvalue weighted by Gasteiger charge is -2.16. The lowest BCUT2D eigenvalue weighted by Crippen LogP contribution is -2.32. The van der Waals surface area contributed by atoms with Gasteiger partial charge in [-0.15, -0.1) is 0 Å². The quantitative estimate of drug-likeness (QED) is 0.175. The number of unbranched alkanes of at least 4 members (excludes halogenated alkanes) is 1. The van der Waals surface area contributed by atoms with Crippen molar-refractivity contribution >= 4 is 56.7 Å². The molecule has 4 rings (SSSR count). The smallest absolute Gasteiger partial charge is 0.343 e. The standard InChI is InChI=1S/C29H26BrClN2O4/c1-4-5-6-19-7-13-23(14-8-19)33-27(34)24(31)25(28(33)35)32-22-11-9-20(10-12-22)29(36)37-26-17(2)15-21(30)16-18(26)3/h7-16,32H,4-6H2,1-3H3. The zero-order chi connectivity index (χ0) is 26.7. The van der Waals surface area contributed by atoms with Gasteiger partial charge in [-0.1, -0.05) is 53.0 Å². The highest BCUT2D eigenvalue weighted by Crippen LogP contribution is 2.31. The number of aryl methyl sites for hydroxylation is 3. The Kier molecular flexibility index (Phi) is 8.15. The summed E-state index contributed by atoms with van der Waals surface area (Å²) in [6.45, 7) is 5.87. The summed E-state index contributed by atoms with van der Waals surface area (Å²) in [5.41, 5.74) is 4.10. The number of nitrogens with one attached hydrogen (secondary N) is 1. The molecule has 0 atom stereocenters. The van der Waals surface area contributed by atoms with Crippen LogP contribution >= 0.6 is 27.5 Å². The third-order valence-corrected chi connectivity index (χ3v) is 6.86. The minimum atomic E-state index is -0.587. The molecule has 1 aliphatic rings. The summed E-state index contributed by atoms with van der Waals surface area (Å²) in [5.74, 6) is -1.12. The van der Waals surface area contributed by atoms with E-state index in [9.17, 15) is 14.4 Å². The number of amides is 2. The predicted octanol–water partition coefficient (Wildman–Crippen LogP) is 7.06. The Hall–Kier alpha value is -3.42. The van der Waals surface area contributed by atoms with Gasteiger partial charge in [0.1, 0.15) is 16.5 Å². The molecule has 0 saturated heterocycles. The van der Waals surface area contributed by atoms with E-state index in [1.165, 1.54) is 0 Å². The normalized spacial score (nSPS) is 13.4. The van der Waals surface area contributed by atoms with Gasteiger partial charge < -0.3 is 10.1 Å². The second kappa shape index (κ2) is 11.3. The largest absolute Gasteiger partial charge is 0.422 e.